The fourth-order valence-electron chi connectivity index (χ4n) is 4.53. The average molecular weight is 296 g/mol. The molecular formula is C17H16N2O3. The summed E-state index contributed by atoms with van der Waals surface area (Å²) in [5.41, 5.74) is 2.14. The Morgan fingerprint density at radius 1 is 1.14 bits per heavy atom. The van der Waals surface area contributed by atoms with Gasteiger partial charge < -0.3 is 9.26 Å². The van der Waals surface area contributed by atoms with Gasteiger partial charge in [-0.05, 0) is 25.7 Å². The molecule has 0 N–H and O–H groups in total. The quantitative estimate of drug-likeness (QED) is 0.797. The van der Waals surface area contributed by atoms with Gasteiger partial charge in [-0.3, -0.25) is 4.79 Å². The van der Waals surface area contributed by atoms with Crippen molar-refractivity contribution in [2.24, 2.45) is 17.8 Å². The van der Waals surface area contributed by atoms with Crippen LogP contribution in [0.2, 0.25) is 0 Å². The maximum atomic E-state index is 12.1. The van der Waals surface area contributed by atoms with Crippen LogP contribution in [0.1, 0.15) is 30.2 Å². The van der Waals surface area contributed by atoms with Crippen LogP contribution in [0.3, 0.4) is 0 Å². The number of carbonyl (C=O) groups excluding carboxylic acids is 1. The monoisotopic (exact) mass is 296 g/mol. The Morgan fingerprint density at radius 3 is 2.77 bits per heavy atom. The number of esters is 1. The minimum absolute atomic E-state index is 0.0444. The highest BCUT2D eigenvalue weighted by Gasteiger charge is 2.63. The normalized spacial score (nSPS) is 35.1. The molecule has 22 heavy (non-hydrogen) atoms. The van der Waals surface area contributed by atoms with Gasteiger partial charge in [-0.15, -0.1) is 0 Å². The van der Waals surface area contributed by atoms with E-state index in [1.165, 1.54) is 5.56 Å². The summed E-state index contributed by atoms with van der Waals surface area (Å²) in [6.07, 6.45) is 2.13. The van der Waals surface area contributed by atoms with Crippen LogP contribution in [0.25, 0.3) is 11.4 Å². The van der Waals surface area contributed by atoms with Crippen LogP contribution in [0.5, 0.6) is 0 Å². The zero-order valence-electron chi connectivity index (χ0n) is 12.2. The molecule has 0 unspecified atom stereocenters. The molecule has 2 aromatic rings. The molecule has 5 heteroatoms. The summed E-state index contributed by atoms with van der Waals surface area (Å²) in [7, 11) is 0. The van der Waals surface area contributed by atoms with Crippen LogP contribution < -0.4 is 0 Å². The maximum absolute atomic E-state index is 12.1. The summed E-state index contributed by atoms with van der Waals surface area (Å²) >= 11 is 0. The van der Waals surface area contributed by atoms with Gasteiger partial charge in [0.2, 0.25) is 11.7 Å². The molecule has 1 aliphatic heterocycles. The molecule has 1 aromatic heterocycles. The van der Waals surface area contributed by atoms with E-state index in [-0.39, 0.29) is 23.9 Å². The lowest BCUT2D eigenvalue weighted by Gasteiger charge is -2.20. The predicted octanol–water partition coefficient (Wildman–Crippen LogP) is 2.71. The predicted molar refractivity (Wildman–Crippen MR) is 76.8 cm³/mol. The molecule has 2 heterocycles. The number of rotatable bonds is 2. The molecule has 5 rings (SSSR count). The number of ether oxygens (including phenoxy) is 1. The third-order valence-corrected chi connectivity index (χ3v) is 5.52. The lowest BCUT2D eigenvalue weighted by molar-refractivity contribution is -0.143. The molecule has 1 aromatic carbocycles. The first-order chi connectivity index (χ1) is 10.7. The van der Waals surface area contributed by atoms with Gasteiger partial charge in [0.1, 0.15) is 6.10 Å². The van der Waals surface area contributed by atoms with Gasteiger partial charge in [-0.2, -0.15) is 4.98 Å². The number of fused-ring (bicyclic) bond motifs is 1. The lowest BCUT2D eigenvalue weighted by Crippen LogP contribution is -2.24. The summed E-state index contributed by atoms with van der Waals surface area (Å²) in [6.45, 7) is 2.04. The Balaban J connectivity index is 1.50. The van der Waals surface area contributed by atoms with E-state index >= 15 is 0 Å². The molecule has 5 nitrogen and oxygen atoms in total. The Morgan fingerprint density at radius 2 is 1.95 bits per heavy atom. The van der Waals surface area contributed by atoms with Gasteiger partial charge in [-0.1, -0.05) is 35.0 Å². The molecular weight excluding hydrogens is 280 g/mol. The van der Waals surface area contributed by atoms with Crippen molar-refractivity contribution in [3.8, 4) is 11.4 Å². The van der Waals surface area contributed by atoms with Crippen molar-refractivity contribution in [3.63, 3.8) is 0 Å². The Labute approximate surface area is 127 Å². The Kier molecular flexibility index (Phi) is 2.35. The van der Waals surface area contributed by atoms with Crippen molar-refractivity contribution in [3.05, 3.63) is 35.7 Å². The van der Waals surface area contributed by atoms with Crippen LogP contribution >= 0.6 is 0 Å². The molecule has 0 spiro atoms. The number of nitrogens with zero attached hydrogens (tertiary/aromatic N) is 2. The molecule has 5 atom stereocenters. The van der Waals surface area contributed by atoms with Crippen molar-refractivity contribution in [2.45, 2.75) is 31.8 Å². The van der Waals surface area contributed by atoms with Crippen molar-refractivity contribution in [2.75, 3.05) is 0 Å². The first kappa shape index (κ1) is 12.4. The second-order valence-corrected chi connectivity index (χ2v) is 6.74. The SMILES string of the molecule is Cc1ccc(-c2noc([C@@H]3[C@@H]4C[C@@H]5[C@@H]3C(=O)O[C@@H]5C4)n2)cc1. The smallest absolute Gasteiger partial charge is 0.310 e. The summed E-state index contributed by atoms with van der Waals surface area (Å²) in [5, 5.41) is 4.11. The van der Waals surface area contributed by atoms with Crippen molar-refractivity contribution in [1.29, 1.82) is 0 Å². The van der Waals surface area contributed by atoms with Crippen molar-refractivity contribution < 1.29 is 14.1 Å². The van der Waals surface area contributed by atoms with Crippen LogP contribution in [-0.2, 0) is 9.53 Å². The number of hydrogen-bond acceptors (Lipinski definition) is 5. The Hall–Kier alpha value is -2.17. The van der Waals surface area contributed by atoms with Gasteiger partial charge in [0.05, 0.1) is 11.8 Å². The van der Waals surface area contributed by atoms with E-state index in [9.17, 15) is 4.79 Å². The van der Waals surface area contributed by atoms with Crippen molar-refractivity contribution >= 4 is 5.97 Å². The highest BCUT2D eigenvalue weighted by Crippen LogP contribution is 2.61. The number of aromatic nitrogens is 2. The van der Waals surface area contributed by atoms with Crippen LogP contribution in [0, 0.1) is 24.7 Å². The molecule has 0 amide bonds. The molecule has 1 saturated heterocycles. The molecule has 0 radical (unpaired) electrons. The highest BCUT2D eigenvalue weighted by molar-refractivity contribution is 5.78. The first-order valence-corrected chi connectivity index (χ1v) is 7.82. The molecule has 3 aliphatic rings. The van der Waals surface area contributed by atoms with Crippen molar-refractivity contribution in [1.82, 2.24) is 10.1 Å². The van der Waals surface area contributed by atoms with Gasteiger partial charge in [0.25, 0.3) is 0 Å². The first-order valence-electron chi connectivity index (χ1n) is 7.82. The fourth-order valence-corrected chi connectivity index (χ4v) is 4.53. The van der Waals surface area contributed by atoms with E-state index in [0.717, 1.165) is 18.4 Å². The molecule has 2 aliphatic carbocycles. The molecule has 2 bridgehead atoms. The van der Waals surface area contributed by atoms with Crippen LogP contribution in [0.15, 0.2) is 28.8 Å². The molecule has 2 saturated carbocycles. The third-order valence-electron chi connectivity index (χ3n) is 5.52. The fraction of sp³-hybridized carbons (Fsp3) is 0.471. The van der Waals surface area contributed by atoms with Gasteiger partial charge in [0, 0.05) is 11.5 Å². The van der Waals surface area contributed by atoms with E-state index in [1.54, 1.807) is 0 Å². The van der Waals surface area contributed by atoms with E-state index in [1.807, 2.05) is 31.2 Å². The van der Waals surface area contributed by atoms with Gasteiger partial charge >= 0.3 is 5.97 Å². The van der Waals surface area contributed by atoms with E-state index in [0.29, 0.717) is 23.6 Å². The lowest BCUT2D eigenvalue weighted by atomic mass is 9.80. The van der Waals surface area contributed by atoms with Crippen LogP contribution in [-0.4, -0.2) is 22.2 Å². The Bertz CT molecular complexity index is 750. The average Bonchev–Trinajstić information content (AvgIpc) is 3.22. The van der Waals surface area contributed by atoms with E-state index in [4.69, 9.17) is 9.26 Å². The minimum atomic E-state index is -0.0740. The molecule has 112 valence electrons. The topological polar surface area (TPSA) is 65.2 Å². The highest BCUT2D eigenvalue weighted by atomic mass is 16.6. The van der Waals surface area contributed by atoms with Gasteiger partial charge in [-0.25, -0.2) is 0 Å². The third kappa shape index (κ3) is 1.56. The summed E-state index contributed by atoms with van der Waals surface area (Å²) in [6, 6.07) is 8.04. The largest absolute Gasteiger partial charge is 0.462 e. The second-order valence-electron chi connectivity index (χ2n) is 6.74. The number of benzene rings is 1. The zero-order chi connectivity index (χ0) is 14.8. The number of aryl methyl sites for hydroxylation is 1. The van der Waals surface area contributed by atoms with E-state index in [2.05, 4.69) is 10.1 Å². The second kappa shape index (κ2) is 4.18. The summed E-state index contributed by atoms with van der Waals surface area (Å²) in [5.74, 6) is 1.90. The minimum Gasteiger partial charge on any atom is -0.462 e. The number of carbonyl (C=O) groups is 1. The van der Waals surface area contributed by atoms with Gasteiger partial charge in [0.15, 0.2) is 0 Å². The standard InChI is InChI=1S/C17H16N2O3/c1-8-2-4-9(5-3-8)15-18-16(22-19-15)13-10-6-11-12(7-10)21-17(20)14(11)13/h2-5,10-14H,6-7H2,1H3/t10-,11+,12-,13-,14+/m1/s1. The van der Waals surface area contributed by atoms with E-state index < -0.39 is 0 Å². The summed E-state index contributed by atoms with van der Waals surface area (Å²) < 4.78 is 11.0. The summed E-state index contributed by atoms with van der Waals surface area (Å²) in [4.78, 5) is 16.7. The maximum Gasteiger partial charge on any atom is 0.310 e. The molecule has 3 fully saturated rings. The zero-order valence-corrected chi connectivity index (χ0v) is 12.2. The number of hydrogen-bond donors (Lipinski definition) is 0. The van der Waals surface area contributed by atoms with Crippen LogP contribution in [0.4, 0.5) is 0 Å².